The van der Waals surface area contributed by atoms with E-state index in [9.17, 15) is 15.0 Å². The van der Waals surface area contributed by atoms with Crippen molar-refractivity contribution in [2.75, 3.05) is 26.3 Å². The first-order chi connectivity index (χ1) is 11.8. The van der Waals surface area contributed by atoms with Gasteiger partial charge in [-0.25, -0.2) is 0 Å². The Morgan fingerprint density at radius 3 is 2.80 bits per heavy atom. The van der Waals surface area contributed by atoms with Gasteiger partial charge in [0.15, 0.2) is 6.61 Å². The van der Waals surface area contributed by atoms with Gasteiger partial charge in [0.2, 0.25) is 0 Å². The third-order valence-electron chi connectivity index (χ3n) is 5.13. The van der Waals surface area contributed by atoms with E-state index >= 15 is 0 Å². The van der Waals surface area contributed by atoms with Crippen LogP contribution in [0.5, 0.6) is 5.75 Å². The van der Waals surface area contributed by atoms with E-state index < -0.39 is 17.3 Å². The fraction of sp³-hybridized carbons (Fsp3) is 0.611. The molecule has 2 heterocycles. The first-order valence-electron chi connectivity index (χ1n) is 8.50. The molecule has 0 radical (unpaired) electrons. The molecule has 0 bridgehead atoms. The molecule has 138 valence electrons. The topological polar surface area (TPSA) is 79.2 Å². The van der Waals surface area contributed by atoms with Gasteiger partial charge in [-0.15, -0.1) is 0 Å². The van der Waals surface area contributed by atoms with Gasteiger partial charge in [0.1, 0.15) is 11.9 Å². The van der Waals surface area contributed by atoms with Crippen molar-refractivity contribution in [1.82, 2.24) is 4.90 Å². The van der Waals surface area contributed by atoms with E-state index in [4.69, 9.17) is 21.1 Å². The number of likely N-dealkylation sites (tertiary alicyclic amines) is 1. The minimum absolute atomic E-state index is 0.0371. The summed E-state index contributed by atoms with van der Waals surface area (Å²) >= 11 is 5.90. The Bertz CT molecular complexity index is 628. The number of amides is 1. The van der Waals surface area contributed by atoms with Crippen molar-refractivity contribution >= 4 is 17.5 Å². The van der Waals surface area contributed by atoms with Crippen molar-refractivity contribution in [3.63, 3.8) is 0 Å². The summed E-state index contributed by atoms with van der Waals surface area (Å²) in [5.74, 6) is 0.479. The van der Waals surface area contributed by atoms with Gasteiger partial charge in [-0.2, -0.15) is 0 Å². The standard InChI is InChI=1S/C18H24ClNO5/c1-17(23)12-18(25-10-15(17)21)5-7-20(8-6-18)16(22)11-24-14-4-2-3-13(19)9-14/h2-4,9,15,21,23H,5-8,10-12H2,1H3/t15-,17-/m0/s1. The zero-order valence-corrected chi connectivity index (χ0v) is 15.0. The molecular weight excluding hydrogens is 346 g/mol. The average molecular weight is 370 g/mol. The van der Waals surface area contributed by atoms with Crippen LogP contribution >= 0.6 is 11.6 Å². The second-order valence-electron chi connectivity index (χ2n) is 7.17. The van der Waals surface area contributed by atoms with E-state index in [0.29, 0.717) is 43.1 Å². The monoisotopic (exact) mass is 369 g/mol. The highest BCUT2D eigenvalue weighted by Crippen LogP contribution is 2.39. The molecule has 2 aliphatic rings. The lowest BCUT2D eigenvalue weighted by molar-refractivity contribution is -0.222. The molecule has 0 unspecified atom stereocenters. The number of aliphatic hydroxyl groups excluding tert-OH is 1. The van der Waals surface area contributed by atoms with Gasteiger partial charge < -0.3 is 24.6 Å². The molecule has 6 nitrogen and oxygen atoms in total. The fourth-order valence-corrected chi connectivity index (χ4v) is 3.71. The van der Waals surface area contributed by atoms with Crippen LogP contribution < -0.4 is 4.74 Å². The SMILES string of the molecule is C[C@]1(O)CC2(CCN(C(=O)COc3cccc(Cl)c3)CC2)OC[C@@H]1O. The van der Waals surface area contributed by atoms with Crippen LogP contribution in [0.1, 0.15) is 26.2 Å². The van der Waals surface area contributed by atoms with E-state index in [-0.39, 0.29) is 19.1 Å². The van der Waals surface area contributed by atoms with Gasteiger partial charge in [0, 0.05) is 24.5 Å². The molecule has 1 aromatic carbocycles. The van der Waals surface area contributed by atoms with Gasteiger partial charge in [0.25, 0.3) is 5.91 Å². The number of ether oxygens (including phenoxy) is 2. The average Bonchev–Trinajstić information content (AvgIpc) is 2.57. The highest BCUT2D eigenvalue weighted by atomic mass is 35.5. The minimum atomic E-state index is -1.15. The number of hydrogen-bond donors (Lipinski definition) is 2. The molecule has 2 N–H and O–H groups in total. The van der Waals surface area contributed by atoms with Crippen molar-refractivity contribution in [2.45, 2.75) is 43.5 Å². The summed E-state index contributed by atoms with van der Waals surface area (Å²) in [5.41, 5.74) is -1.62. The molecule has 1 aromatic rings. The van der Waals surface area contributed by atoms with Crippen molar-refractivity contribution in [2.24, 2.45) is 0 Å². The maximum Gasteiger partial charge on any atom is 0.260 e. The zero-order valence-electron chi connectivity index (χ0n) is 14.3. The van der Waals surface area contributed by atoms with Gasteiger partial charge in [0.05, 0.1) is 17.8 Å². The quantitative estimate of drug-likeness (QED) is 0.846. The van der Waals surface area contributed by atoms with Crippen LogP contribution in [-0.4, -0.2) is 64.6 Å². The fourth-order valence-electron chi connectivity index (χ4n) is 3.53. The Kier molecular flexibility index (Phi) is 5.25. The van der Waals surface area contributed by atoms with Crippen LogP contribution in [0.4, 0.5) is 0 Å². The number of carbonyl (C=O) groups excluding carboxylic acids is 1. The van der Waals surface area contributed by atoms with E-state index in [1.54, 1.807) is 36.1 Å². The van der Waals surface area contributed by atoms with Gasteiger partial charge in [-0.05, 0) is 38.0 Å². The third-order valence-corrected chi connectivity index (χ3v) is 5.37. The summed E-state index contributed by atoms with van der Waals surface area (Å²) in [6.45, 7) is 2.82. The van der Waals surface area contributed by atoms with Crippen LogP contribution in [0.2, 0.25) is 5.02 Å². The number of halogens is 1. The number of hydrogen-bond acceptors (Lipinski definition) is 5. The Morgan fingerprint density at radius 2 is 2.16 bits per heavy atom. The first-order valence-corrected chi connectivity index (χ1v) is 8.88. The molecule has 1 amide bonds. The summed E-state index contributed by atoms with van der Waals surface area (Å²) in [4.78, 5) is 14.1. The molecule has 0 saturated carbocycles. The molecular formula is C18H24ClNO5. The van der Waals surface area contributed by atoms with Crippen LogP contribution in [0.15, 0.2) is 24.3 Å². The first kappa shape index (κ1) is 18.5. The number of piperidine rings is 1. The Labute approximate surface area is 152 Å². The predicted octanol–water partition coefficient (Wildman–Crippen LogP) is 1.61. The molecule has 0 aromatic heterocycles. The third kappa shape index (κ3) is 4.26. The normalized spacial score (nSPS) is 28.8. The molecule has 25 heavy (non-hydrogen) atoms. The van der Waals surface area contributed by atoms with Gasteiger partial charge >= 0.3 is 0 Å². The lowest BCUT2D eigenvalue weighted by Crippen LogP contribution is -2.59. The van der Waals surface area contributed by atoms with E-state index in [0.717, 1.165) is 0 Å². The summed E-state index contributed by atoms with van der Waals surface area (Å²) in [6.07, 6.45) is 0.781. The summed E-state index contributed by atoms with van der Waals surface area (Å²) in [6, 6.07) is 6.95. The molecule has 2 aliphatic heterocycles. The van der Waals surface area contributed by atoms with Gasteiger partial charge in [-0.1, -0.05) is 17.7 Å². The number of benzene rings is 1. The zero-order chi connectivity index (χ0) is 18.1. The molecule has 7 heteroatoms. The van der Waals surface area contributed by atoms with E-state index in [2.05, 4.69) is 0 Å². The highest BCUT2D eigenvalue weighted by molar-refractivity contribution is 6.30. The van der Waals surface area contributed by atoms with Crippen LogP contribution in [0.25, 0.3) is 0 Å². The molecule has 1 spiro atoms. The van der Waals surface area contributed by atoms with Crippen LogP contribution in [0.3, 0.4) is 0 Å². The Hall–Kier alpha value is -1.34. The Balaban J connectivity index is 1.51. The lowest BCUT2D eigenvalue weighted by Gasteiger charge is -2.49. The van der Waals surface area contributed by atoms with Crippen molar-refractivity contribution in [1.29, 1.82) is 0 Å². The van der Waals surface area contributed by atoms with Crippen molar-refractivity contribution in [3.8, 4) is 5.75 Å². The second kappa shape index (κ2) is 7.11. The molecule has 2 atom stereocenters. The maximum absolute atomic E-state index is 12.3. The number of rotatable bonds is 3. The van der Waals surface area contributed by atoms with E-state index in [1.165, 1.54) is 0 Å². The lowest BCUT2D eigenvalue weighted by atomic mass is 9.76. The number of aliphatic hydroxyl groups is 2. The highest BCUT2D eigenvalue weighted by Gasteiger charge is 2.48. The summed E-state index contributed by atoms with van der Waals surface area (Å²) in [7, 11) is 0. The van der Waals surface area contributed by atoms with Crippen molar-refractivity contribution in [3.05, 3.63) is 29.3 Å². The smallest absolute Gasteiger partial charge is 0.260 e. The molecule has 2 saturated heterocycles. The summed E-state index contributed by atoms with van der Waals surface area (Å²) < 4.78 is 11.3. The van der Waals surface area contributed by atoms with Crippen LogP contribution in [-0.2, 0) is 9.53 Å². The predicted molar refractivity (Wildman–Crippen MR) is 92.7 cm³/mol. The number of carbonyl (C=O) groups is 1. The Morgan fingerprint density at radius 1 is 1.44 bits per heavy atom. The molecule has 2 fully saturated rings. The maximum atomic E-state index is 12.3. The van der Waals surface area contributed by atoms with E-state index in [1.807, 2.05) is 0 Å². The molecule has 0 aliphatic carbocycles. The van der Waals surface area contributed by atoms with Crippen LogP contribution in [0, 0.1) is 0 Å². The summed E-state index contributed by atoms with van der Waals surface area (Å²) in [5, 5.41) is 20.7. The number of nitrogens with zero attached hydrogens (tertiary/aromatic N) is 1. The van der Waals surface area contributed by atoms with Crippen molar-refractivity contribution < 1.29 is 24.5 Å². The largest absolute Gasteiger partial charge is 0.484 e. The minimum Gasteiger partial charge on any atom is -0.484 e. The second-order valence-corrected chi connectivity index (χ2v) is 7.61. The van der Waals surface area contributed by atoms with Gasteiger partial charge in [-0.3, -0.25) is 4.79 Å². The molecule has 3 rings (SSSR count).